The third-order valence-electron chi connectivity index (χ3n) is 8.44. The van der Waals surface area contributed by atoms with Crippen LogP contribution in [0.15, 0.2) is 54.7 Å². The van der Waals surface area contributed by atoms with Crippen molar-refractivity contribution in [1.82, 2.24) is 4.57 Å². The average molecular weight is 446 g/mol. The molecule has 33 heavy (non-hydrogen) atoms. The molecule has 4 nitrogen and oxygen atoms in total. The van der Waals surface area contributed by atoms with Crippen LogP contribution in [0, 0.1) is 22.7 Å². The Balaban J connectivity index is 1.53. The van der Waals surface area contributed by atoms with Crippen LogP contribution < -0.4 is 4.74 Å². The maximum Gasteiger partial charge on any atom is 0.169 e. The molecule has 2 fully saturated rings. The number of ketones is 1. The van der Waals surface area contributed by atoms with Gasteiger partial charge in [0.2, 0.25) is 0 Å². The van der Waals surface area contributed by atoms with Crippen LogP contribution in [0.1, 0.15) is 56.5 Å². The zero-order valence-electron chi connectivity index (χ0n) is 20.3. The summed E-state index contributed by atoms with van der Waals surface area (Å²) in [6, 6.07) is 16.4. The first-order valence-electron chi connectivity index (χ1n) is 12.2. The van der Waals surface area contributed by atoms with Gasteiger partial charge in [-0.1, -0.05) is 70.2 Å². The summed E-state index contributed by atoms with van der Waals surface area (Å²) in [5.74, 6) is 1.70. The number of benzene rings is 2. The predicted molar refractivity (Wildman–Crippen MR) is 132 cm³/mol. The van der Waals surface area contributed by atoms with Gasteiger partial charge in [-0.3, -0.25) is 4.79 Å². The molecule has 1 aliphatic heterocycles. The second-order valence-electron chi connectivity index (χ2n) is 10.9. The first-order chi connectivity index (χ1) is 15.8. The molecule has 2 aromatic carbocycles. The Morgan fingerprint density at radius 1 is 1.00 bits per heavy atom. The van der Waals surface area contributed by atoms with E-state index in [2.05, 4.69) is 56.7 Å². The highest BCUT2D eigenvalue weighted by atomic mass is 16.5. The summed E-state index contributed by atoms with van der Waals surface area (Å²) in [6.45, 7) is 11.9. The maximum absolute atomic E-state index is 13.8. The van der Waals surface area contributed by atoms with Crippen LogP contribution >= 0.6 is 0 Å². The number of aromatic nitrogens is 1. The van der Waals surface area contributed by atoms with Crippen molar-refractivity contribution in [2.75, 3.05) is 13.2 Å². The van der Waals surface area contributed by atoms with Gasteiger partial charge < -0.3 is 14.0 Å². The van der Waals surface area contributed by atoms with Crippen LogP contribution in [0.4, 0.5) is 0 Å². The molecule has 1 aliphatic carbocycles. The van der Waals surface area contributed by atoms with E-state index in [1.165, 1.54) is 0 Å². The number of carbonyl (C=O) groups excluding carboxylic acids is 1. The zero-order valence-corrected chi connectivity index (χ0v) is 20.3. The number of ether oxygens (including phenoxy) is 2. The van der Waals surface area contributed by atoms with Gasteiger partial charge in [0.25, 0.3) is 0 Å². The van der Waals surface area contributed by atoms with E-state index in [0.717, 1.165) is 60.4 Å². The van der Waals surface area contributed by atoms with Crippen LogP contribution in [-0.2, 0) is 17.9 Å². The molecule has 2 aliphatic rings. The van der Waals surface area contributed by atoms with Gasteiger partial charge in [0, 0.05) is 42.8 Å². The molecule has 0 atom stereocenters. The molecule has 0 spiro atoms. The zero-order chi connectivity index (χ0) is 23.2. The van der Waals surface area contributed by atoms with E-state index in [-0.39, 0.29) is 22.5 Å². The van der Waals surface area contributed by atoms with Crippen molar-refractivity contribution >= 4 is 16.7 Å². The molecule has 0 unspecified atom stereocenters. The molecule has 4 heteroatoms. The van der Waals surface area contributed by atoms with Crippen molar-refractivity contribution in [2.45, 2.75) is 53.7 Å². The second kappa shape index (κ2) is 8.32. The lowest BCUT2D eigenvalue weighted by Gasteiger charge is -2.23. The Morgan fingerprint density at radius 2 is 1.70 bits per heavy atom. The molecule has 3 aromatic rings. The van der Waals surface area contributed by atoms with E-state index in [1.807, 2.05) is 30.3 Å². The third kappa shape index (κ3) is 3.89. The molecule has 5 rings (SSSR count). The lowest BCUT2D eigenvalue weighted by molar-refractivity contribution is 0.0616. The van der Waals surface area contributed by atoms with Gasteiger partial charge in [0.15, 0.2) is 5.78 Å². The SMILES string of the molecule is CC1(C)C(C(=O)c2cn(CC3CCOCC3)c3c(OCc4ccccc4)cccc23)C1(C)C. The average Bonchev–Trinajstić information content (AvgIpc) is 3.06. The fourth-order valence-electron chi connectivity index (χ4n) is 5.73. The van der Waals surface area contributed by atoms with Crippen molar-refractivity contribution in [3.05, 3.63) is 65.9 Å². The van der Waals surface area contributed by atoms with E-state index < -0.39 is 0 Å². The summed E-state index contributed by atoms with van der Waals surface area (Å²) in [4.78, 5) is 13.8. The minimum absolute atomic E-state index is 0.0145. The van der Waals surface area contributed by atoms with Gasteiger partial charge in [0.05, 0.1) is 5.52 Å². The van der Waals surface area contributed by atoms with E-state index in [9.17, 15) is 4.79 Å². The van der Waals surface area contributed by atoms with E-state index in [1.54, 1.807) is 0 Å². The number of hydrogen-bond donors (Lipinski definition) is 0. The Morgan fingerprint density at radius 3 is 2.36 bits per heavy atom. The largest absolute Gasteiger partial charge is 0.487 e. The summed E-state index contributed by atoms with van der Waals surface area (Å²) >= 11 is 0. The highest BCUT2D eigenvalue weighted by molar-refractivity contribution is 6.12. The first-order valence-corrected chi connectivity index (χ1v) is 12.2. The topological polar surface area (TPSA) is 40.5 Å². The number of carbonyl (C=O) groups is 1. The molecule has 0 amide bonds. The summed E-state index contributed by atoms with van der Waals surface area (Å²) in [5, 5.41) is 1.01. The molecular weight excluding hydrogens is 410 g/mol. The van der Waals surface area contributed by atoms with Crippen molar-refractivity contribution in [3.63, 3.8) is 0 Å². The Kier molecular flexibility index (Phi) is 5.60. The standard InChI is InChI=1S/C29H35NO3/c1-28(2)27(29(28,3)4)26(31)23-18-30(17-20-13-15-32-16-14-20)25-22(23)11-8-12-24(25)33-19-21-9-6-5-7-10-21/h5-12,18,20,27H,13-17,19H2,1-4H3. The molecule has 2 heterocycles. The van der Waals surface area contributed by atoms with Crippen LogP contribution in [0.25, 0.3) is 10.9 Å². The number of Topliss-reactive ketones (excluding diaryl/α,β-unsaturated/α-hetero) is 1. The second-order valence-corrected chi connectivity index (χ2v) is 10.9. The van der Waals surface area contributed by atoms with Crippen molar-refractivity contribution in [3.8, 4) is 5.75 Å². The first kappa shape index (κ1) is 22.2. The van der Waals surface area contributed by atoms with E-state index in [4.69, 9.17) is 9.47 Å². The van der Waals surface area contributed by atoms with E-state index >= 15 is 0 Å². The molecule has 1 aromatic heterocycles. The molecule has 0 N–H and O–H groups in total. The fourth-order valence-corrected chi connectivity index (χ4v) is 5.73. The molecule has 1 saturated carbocycles. The van der Waals surface area contributed by atoms with Crippen molar-refractivity contribution in [1.29, 1.82) is 0 Å². The summed E-state index contributed by atoms with van der Waals surface area (Å²) in [6.07, 6.45) is 4.21. The van der Waals surface area contributed by atoms with Crippen LogP contribution in [0.5, 0.6) is 5.75 Å². The maximum atomic E-state index is 13.8. The lowest BCUT2D eigenvalue weighted by Crippen LogP contribution is -2.20. The number of rotatable bonds is 7. The minimum atomic E-state index is 0.0145. The normalized spacial score (nSPS) is 20.1. The smallest absolute Gasteiger partial charge is 0.169 e. The Labute approximate surface area is 196 Å². The van der Waals surface area contributed by atoms with Crippen LogP contribution in [-0.4, -0.2) is 23.6 Å². The van der Waals surface area contributed by atoms with Gasteiger partial charge in [-0.25, -0.2) is 0 Å². The lowest BCUT2D eigenvalue weighted by atomic mass is 10.0. The van der Waals surface area contributed by atoms with Crippen LogP contribution in [0.3, 0.4) is 0 Å². The van der Waals surface area contributed by atoms with Crippen molar-refractivity contribution in [2.24, 2.45) is 22.7 Å². The summed E-state index contributed by atoms with van der Waals surface area (Å²) in [5.41, 5.74) is 3.04. The molecule has 0 bridgehead atoms. The quantitative estimate of drug-likeness (QED) is 0.389. The number of fused-ring (bicyclic) bond motifs is 1. The third-order valence-corrected chi connectivity index (χ3v) is 8.44. The molecule has 174 valence electrons. The Bertz CT molecular complexity index is 1140. The Hall–Kier alpha value is -2.59. The van der Waals surface area contributed by atoms with Gasteiger partial charge in [-0.15, -0.1) is 0 Å². The summed E-state index contributed by atoms with van der Waals surface area (Å²) < 4.78 is 14.2. The van der Waals surface area contributed by atoms with Gasteiger partial charge in [0.1, 0.15) is 12.4 Å². The van der Waals surface area contributed by atoms with Gasteiger partial charge >= 0.3 is 0 Å². The molecule has 0 radical (unpaired) electrons. The van der Waals surface area contributed by atoms with Crippen LogP contribution in [0.2, 0.25) is 0 Å². The van der Waals surface area contributed by atoms with Gasteiger partial charge in [-0.2, -0.15) is 0 Å². The number of para-hydroxylation sites is 1. The highest BCUT2D eigenvalue weighted by Crippen LogP contribution is 2.69. The molecule has 1 saturated heterocycles. The predicted octanol–water partition coefficient (Wildman–Crippen LogP) is 6.51. The monoisotopic (exact) mass is 445 g/mol. The fraction of sp³-hybridized carbons (Fsp3) is 0.483. The summed E-state index contributed by atoms with van der Waals surface area (Å²) in [7, 11) is 0. The number of nitrogens with zero attached hydrogens (tertiary/aromatic N) is 1. The number of hydrogen-bond acceptors (Lipinski definition) is 3. The molecular formula is C29H35NO3. The minimum Gasteiger partial charge on any atom is -0.487 e. The highest BCUT2D eigenvalue weighted by Gasteiger charge is 2.68. The van der Waals surface area contributed by atoms with E-state index in [0.29, 0.717) is 12.5 Å². The van der Waals surface area contributed by atoms with Gasteiger partial charge in [-0.05, 0) is 41.2 Å². The van der Waals surface area contributed by atoms with Crippen molar-refractivity contribution < 1.29 is 14.3 Å².